The third kappa shape index (κ3) is 3.74. The van der Waals surface area contributed by atoms with Crippen LogP contribution < -0.4 is 19.9 Å². The van der Waals surface area contributed by atoms with Crippen LogP contribution in [0.2, 0.25) is 0 Å². The van der Waals surface area contributed by atoms with Crippen molar-refractivity contribution in [3.63, 3.8) is 0 Å². The number of amides is 1. The summed E-state index contributed by atoms with van der Waals surface area (Å²) in [5.41, 5.74) is 1.82. The van der Waals surface area contributed by atoms with Gasteiger partial charge in [-0.3, -0.25) is 14.2 Å². The Morgan fingerprint density at radius 3 is 2.48 bits per heavy atom. The number of hydrogen-bond donors (Lipinski definition) is 0. The average molecular weight is 469 g/mol. The number of methoxy groups -OCH3 is 2. The van der Waals surface area contributed by atoms with Crippen LogP contribution in [-0.4, -0.2) is 60.8 Å². The van der Waals surface area contributed by atoms with E-state index in [1.54, 1.807) is 55.4 Å². The van der Waals surface area contributed by atoms with Crippen LogP contribution in [0.1, 0.15) is 33.6 Å². The Bertz CT molecular complexity index is 1270. The summed E-state index contributed by atoms with van der Waals surface area (Å²) in [4.78, 5) is 37.3. The first-order chi connectivity index (χ1) is 16.0. The third-order valence-electron chi connectivity index (χ3n) is 6.65. The number of aryl methyl sites for hydroxylation is 2. The summed E-state index contributed by atoms with van der Waals surface area (Å²) >= 11 is 1.67. The molecule has 1 aliphatic carbocycles. The van der Waals surface area contributed by atoms with Crippen LogP contribution in [0.15, 0.2) is 23.0 Å². The molecule has 1 aromatic carbocycles. The molecule has 2 aliphatic rings. The van der Waals surface area contributed by atoms with Crippen LogP contribution in [-0.2, 0) is 19.9 Å². The highest BCUT2D eigenvalue weighted by molar-refractivity contribution is 7.18. The molecule has 0 unspecified atom stereocenters. The Hall–Kier alpha value is -3.07. The molecule has 3 heterocycles. The van der Waals surface area contributed by atoms with Gasteiger partial charge in [-0.15, -0.1) is 11.3 Å². The number of hydrogen-bond acceptors (Lipinski definition) is 7. The molecule has 3 aromatic rings. The first kappa shape index (κ1) is 21.8. The molecule has 8 nitrogen and oxygen atoms in total. The van der Waals surface area contributed by atoms with E-state index in [4.69, 9.17) is 14.5 Å². The summed E-state index contributed by atoms with van der Waals surface area (Å²) in [6, 6.07) is 5.22. The molecule has 0 N–H and O–H groups in total. The first-order valence-corrected chi connectivity index (χ1v) is 12.1. The maximum atomic E-state index is 13.2. The minimum Gasteiger partial charge on any atom is -0.493 e. The fourth-order valence-electron chi connectivity index (χ4n) is 4.82. The number of carbonyl (C=O) groups is 1. The molecule has 0 radical (unpaired) electrons. The molecule has 9 heteroatoms. The maximum Gasteiger partial charge on any atom is 0.263 e. The topological polar surface area (TPSA) is 76.9 Å². The van der Waals surface area contributed by atoms with Gasteiger partial charge in [0.05, 0.1) is 19.6 Å². The second kappa shape index (κ2) is 8.70. The van der Waals surface area contributed by atoms with Gasteiger partial charge < -0.3 is 19.3 Å². The summed E-state index contributed by atoms with van der Waals surface area (Å²) in [6.45, 7) is 2.36. The fraction of sp³-hybridized carbons (Fsp3) is 0.458. The Kier molecular flexibility index (Phi) is 5.74. The number of anilines is 1. The molecule has 1 amide bonds. The number of piperazine rings is 1. The zero-order valence-corrected chi connectivity index (χ0v) is 20.0. The number of rotatable bonds is 4. The number of carbonyl (C=O) groups excluding carboxylic acids is 1. The van der Waals surface area contributed by atoms with Crippen LogP contribution in [0.5, 0.6) is 11.5 Å². The molecule has 0 bridgehead atoms. The van der Waals surface area contributed by atoms with Gasteiger partial charge in [0.25, 0.3) is 11.5 Å². The number of ether oxygens (including phenoxy) is 2. The highest BCUT2D eigenvalue weighted by atomic mass is 32.1. The highest BCUT2D eigenvalue weighted by Gasteiger charge is 2.27. The lowest BCUT2D eigenvalue weighted by atomic mass is 9.97. The lowest BCUT2D eigenvalue weighted by Gasteiger charge is -2.35. The predicted octanol–water partition coefficient (Wildman–Crippen LogP) is 2.85. The molecular weight excluding hydrogens is 440 g/mol. The molecule has 0 spiro atoms. The van der Waals surface area contributed by atoms with E-state index >= 15 is 0 Å². The third-order valence-corrected chi connectivity index (χ3v) is 7.84. The van der Waals surface area contributed by atoms with Gasteiger partial charge in [-0.2, -0.15) is 0 Å². The van der Waals surface area contributed by atoms with Gasteiger partial charge >= 0.3 is 0 Å². The molecule has 5 rings (SSSR count). The Labute approximate surface area is 196 Å². The molecule has 0 atom stereocenters. The highest BCUT2D eigenvalue weighted by Crippen LogP contribution is 2.34. The second-order valence-electron chi connectivity index (χ2n) is 8.52. The van der Waals surface area contributed by atoms with E-state index in [0.29, 0.717) is 49.2 Å². The van der Waals surface area contributed by atoms with Crippen molar-refractivity contribution in [3.8, 4) is 11.5 Å². The van der Waals surface area contributed by atoms with E-state index < -0.39 is 0 Å². The van der Waals surface area contributed by atoms with Crippen LogP contribution in [0.3, 0.4) is 0 Å². The summed E-state index contributed by atoms with van der Waals surface area (Å²) in [6.07, 6.45) is 4.34. The van der Waals surface area contributed by atoms with Gasteiger partial charge in [0.1, 0.15) is 4.83 Å². The van der Waals surface area contributed by atoms with Crippen LogP contribution in [0.4, 0.5) is 5.95 Å². The smallest absolute Gasteiger partial charge is 0.263 e. The van der Waals surface area contributed by atoms with Crippen LogP contribution >= 0.6 is 11.3 Å². The summed E-state index contributed by atoms with van der Waals surface area (Å²) in [7, 11) is 4.93. The van der Waals surface area contributed by atoms with Crippen LogP contribution in [0.25, 0.3) is 10.2 Å². The number of benzene rings is 1. The van der Waals surface area contributed by atoms with Gasteiger partial charge in [-0.1, -0.05) is 0 Å². The minimum atomic E-state index is -0.0427. The quantitative estimate of drug-likeness (QED) is 0.586. The zero-order valence-electron chi connectivity index (χ0n) is 19.2. The first-order valence-electron chi connectivity index (χ1n) is 11.3. The molecule has 0 saturated carbocycles. The van der Waals surface area contributed by atoms with Crippen molar-refractivity contribution in [2.75, 3.05) is 45.3 Å². The summed E-state index contributed by atoms with van der Waals surface area (Å²) in [5.74, 6) is 1.77. The normalized spacial score (nSPS) is 16.1. The van der Waals surface area contributed by atoms with Crippen molar-refractivity contribution >= 4 is 33.4 Å². The number of aromatic nitrogens is 2. The van der Waals surface area contributed by atoms with Gasteiger partial charge in [0.2, 0.25) is 5.95 Å². The second-order valence-corrected chi connectivity index (χ2v) is 9.60. The minimum absolute atomic E-state index is 0.0400. The average Bonchev–Trinajstić information content (AvgIpc) is 3.24. The molecule has 1 fully saturated rings. The fourth-order valence-corrected chi connectivity index (χ4v) is 6.07. The van der Waals surface area contributed by atoms with Gasteiger partial charge in [0, 0.05) is 43.7 Å². The van der Waals surface area contributed by atoms with E-state index in [2.05, 4.69) is 4.90 Å². The Balaban J connectivity index is 1.35. The zero-order chi connectivity index (χ0) is 23.1. The van der Waals surface area contributed by atoms with E-state index in [1.165, 1.54) is 16.9 Å². The standard InChI is InChI=1S/C24H28N4O4S/c1-26-23(30)20-16-6-4-5-7-19(16)33-21(20)25-24(26)28-12-10-27(11-13-28)22(29)15-8-9-17(31-2)18(14-15)32-3/h8-9,14H,4-7,10-13H2,1-3H3. The Morgan fingerprint density at radius 2 is 1.76 bits per heavy atom. The lowest BCUT2D eigenvalue weighted by molar-refractivity contribution is 0.0745. The summed E-state index contributed by atoms with van der Waals surface area (Å²) in [5, 5.41) is 0.809. The SMILES string of the molecule is COc1ccc(C(=O)N2CCN(c3nc4sc5c(c4c(=O)n3C)CCCC5)CC2)cc1OC. The van der Waals surface area contributed by atoms with Crippen molar-refractivity contribution < 1.29 is 14.3 Å². The number of nitrogens with zero attached hydrogens (tertiary/aromatic N) is 4. The monoisotopic (exact) mass is 468 g/mol. The van der Waals surface area contributed by atoms with Crippen molar-refractivity contribution in [1.29, 1.82) is 0 Å². The molecular formula is C24H28N4O4S. The van der Waals surface area contributed by atoms with Crippen molar-refractivity contribution in [2.45, 2.75) is 25.7 Å². The van der Waals surface area contributed by atoms with Crippen molar-refractivity contribution in [2.24, 2.45) is 7.05 Å². The number of thiophene rings is 1. The van der Waals surface area contributed by atoms with E-state index in [9.17, 15) is 9.59 Å². The molecule has 33 heavy (non-hydrogen) atoms. The molecule has 2 aromatic heterocycles. The molecule has 1 saturated heterocycles. The van der Waals surface area contributed by atoms with Crippen molar-refractivity contribution in [1.82, 2.24) is 14.5 Å². The van der Waals surface area contributed by atoms with Crippen molar-refractivity contribution in [3.05, 3.63) is 44.6 Å². The lowest BCUT2D eigenvalue weighted by Crippen LogP contribution is -2.50. The molecule has 1 aliphatic heterocycles. The van der Waals surface area contributed by atoms with E-state index in [1.807, 2.05) is 4.90 Å². The van der Waals surface area contributed by atoms with Gasteiger partial charge in [-0.05, 0) is 49.4 Å². The van der Waals surface area contributed by atoms with Gasteiger partial charge in [-0.25, -0.2) is 4.98 Å². The van der Waals surface area contributed by atoms with E-state index in [0.717, 1.165) is 29.5 Å². The summed E-state index contributed by atoms with van der Waals surface area (Å²) < 4.78 is 12.3. The van der Waals surface area contributed by atoms with Crippen LogP contribution in [0, 0.1) is 0 Å². The maximum absolute atomic E-state index is 13.2. The molecule has 174 valence electrons. The van der Waals surface area contributed by atoms with E-state index in [-0.39, 0.29) is 11.5 Å². The largest absolute Gasteiger partial charge is 0.493 e. The Morgan fingerprint density at radius 1 is 1.03 bits per heavy atom. The van der Waals surface area contributed by atoms with Gasteiger partial charge in [0.15, 0.2) is 11.5 Å². The number of fused-ring (bicyclic) bond motifs is 3. The predicted molar refractivity (Wildman–Crippen MR) is 129 cm³/mol.